The minimum Gasteiger partial charge on any atom is -0.366 e. The molecule has 0 bridgehead atoms. The molecule has 0 unspecified atom stereocenters. The van der Waals surface area contributed by atoms with E-state index in [0.29, 0.717) is 18.1 Å². The summed E-state index contributed by atoms with van der Waals surface area (Å²) < 4.78 is 2.03. The topological polar surface area (TPSA) is 66.5 Å². The third kappa shape index (κ3) is 3.49. The van der Waals surface area contributed by atoms with E-state index in [0.717, 1.165) is 6.54 Å². The van der Waals surface area contributed by atoms with Crippen LogP contribution in [0.15, 0.2) is 61.2 Å². The summed E-state index contributed by atoms with van der Waals surface area (Å²) in [4.78, 5) is 8.23. The van der Waals surface area contributed by atoms with Crippen LogP contribution in [0.5, 0.6) is 0 Å². The summed E-state index contributed by atoms with van der Waals surface area (Å²) in [5.41, 5.74) is 2.81. The minimum atomic E-state index is 0.417. The first-order valence-corrected chi connectivity index (χ1v) is 6.98. The molecule has 0 spiro atoms. The molecule has 0 radical (unpaired) electrons. The second kappa shape index (κ2) is 6.55. The van der Waals surface area contributed by atoms with Crippen LogP contribution in [0, 0.1) is 11.3 Å². The van der Waals surface area contributed by atoms with Crippen LogP contribution in [-0.2, 0) is 13.1 Å². The molecule has 1 N–H and O–H groups in total. The maximum atomic E-state index is 8.84. The van der Waals surface area contributed by atoms with Gasteiger partial charge in [-0.15, -0.1) is 0 Å². The van der Waals surface area contributed by atoms with Crippen molar-refractivity contribution in [3.05, 3.63) is 78.0 Å². The molecule has 0 amide bonds. The van der Waals surface area contributed by atoms with Gasteiger partial charge < -0.3 is 9.88 Å². The predicted octanol–water partition coefficient (Wildman–Crippen LogP) is 2.81. The second-order valence-corrected chi connectivity index (χ2v) is 4.92. The van der Waals surface area contributed by atoms with Crippen molar-refractivity contribution in [2.45, 2.75) is 13.1 Å². The van der Waals surface area contributed by atoms with Gasteiger partial charge in [0.1, 0.15) is 17.6 Å². The Hall–Kier alpha value is -3.13. The highest BCUT2D eigenvalue weighted by Crippen LogP contribution is 2.10. The highest BCUT2D eigenvalue weighted by atomic mass is 15.0. The van der Waals surface area contributed by atoms with Gasteiger partial charge in [-0.25, -0.2) is 9.97 Å². The van der Waals surface area contributed by atoms with Gasteiger partial charge in [0.2, 0.25) is 0 Å². The number of hydrogen-bond acceptors (Lipinski definition) is 4. The Labute approximate surface area is 128 Å². The first-order valence-electron chi connectivity index (χ1n) is 6.98. The summed E-state index contributed by atoms with van der Waals surface area (Å²) in [5.74, 6) is 0.710. The lowest BCUT2D eigenvalue weighted by Gasteiger charge is -2.07. The first-order chi connectivity index (χ1) is 10.8. The Balaban J connectivity index is 1.60. The monoisotopic (exact) mass is 289 g/mol. The number of nitrogens with zero attached hydrogens (tertiary/aromatic N) is 4. The highest BCUT2D eigenvalue weighted by Gasteiger charge is 1.99. The van der Waals surface area contributed by atoms with Crippen LogP contribution in [0.1, 0.15) is 16.8 Å². The SMILES string of the molecule is N#Cc1cccc(NCc2ccc(Cn3ccnc3)cc2)n1. The molecular formula is C17H15N5. The van der Waals surface area contributed by atoms with Gasteiger partial charge in [0.05, 0.1) is 6.33 Å². The van der Waals surface area contributed by atoms with E-state index in [1.807, 2.05) is 35.3 Å². The van der Waals surface area contributed by atoms with Crippen LogP contribution >= 0.6 is 0 Å². The molecule has 108 valence electrons. The number of pyridine rings is 1. The smallest absolute Gasteiger partial charge is 0.142 e. The quantitative estimate of drug-likeness (QED) is 0.784. The summed E-state index contributed by atoms with van der Waals surface area (Å²) in [6, 6.07) is 15.8. The van der Waals surface area contributed by atoms with Crippen molar-refractivity contribution in [2.24, 2.45) is 0 Å². The molecule has 2 aromatic heterocycles. The van der Waals surface area contributed by atoms with E-state index >= 15 is 0 Å². The summed E-state index contributed by atoms with van der Waals surface area (Å²) in [7, 11) is 0. The Morgan fingerprint density at radius 3 is 2.64 bits per heavy atom. The second-order valence-electron chi connectivity index (χ2n) is 4.92. The first kappa shape index (κ1) is 13.8. The number of benzene rings is 1. The highest BCUT2D eigenvalue weighted by molar-refractivity contribution is 5.39. The molecule has 5 heteroatoms. The third-order valence-corrected chi connectivity index (χ3v) is 3.28. The molecule has 0 fully saturated rings. The maximum Gasteiger partial charge on any atom is 0.142 e. The molecule has 0 atom stereocenters. The van der Waals surface area contributed by atoms with Crippen molar-refractivity contribution in [1.29, 1.82) is 5.26 Å². The van der Waals surface area contributed by atoms with Crippen LogP contribution in [-0.4, -0.2) is 14.5 Å². The normalized spacial score (nSPS) is 10.1. The zero-order valence-corrected chi connectivity index (χ0v) is 12.0. The Kier molecular flexibility index (Phi) is 4.12. The fourth-order valence-electron chi connectivity index (χ4n) is 2.14. The van der Waals surface area contributed by atoms with E-state index < -0.39 is 0 Å². The van der Waals surface area contributed by atoms with E-state index in [9.17, 15) is 0 Å². The van der Waals surface area contributed by atoms with Crippen LogP contribution in [0.25, 0.3) is 0 Å². The Morgan fingerprint density at radius 1 is 1.09 bits per heavy atom. The van der Waals surface area contributed by atoms with E-state index in [-0.39, 0.29) is 0 Å². The van der Waals surface area contributed by atoms with Crippen molar-refractivity contribution in [3.63, 3.8) is 0 Å². The number of nitrogens with one attached hydrogen (secondary N) is 1. The van der Waals surface area contributed by atoms with E-state index in [1.54, 1.807) is 12.3 Å². The molecule has 2 heterocycles. The molecular weight excluding hydrogens is 274 g/mol. The molecule has 22 heavy (non-hydrogen) atoms. The van der Waals surface area contributed by atoms with Gasteiger partial charge >= 0.3 is 0 Å². The van der Waals surface area contributed by atoms with Gasteiger partial charge in [-0.05, 0) is 23.3 Å². The number of aromatic nitrogens is 3. The molecule has 0 saturated carbocycles. The number of rotatable bonds is 5. The Morgan fingerprint density at radius 2 is 1.91 bits per heavy atom. The van der Waals surface area contributed by atoms with Gasteiger partial charge in [-0.2, -0.15) is 5.26 Å². The van der Waals surface area contributed by atoms with Gasteiger partial charge in [0.25, 0.3) is 0 Å². The summed E-state index contributed by atoms with van der Waals surface area (Å²) >= 11 is 0. The van der Waals surface area contributed by atoms with E-state index in [1.165, 1.54) is 11.1 Å². The number of imidazole rings is 1. The van der Waals surface area contributed by atoms with Crippen molar-refractivity contribution in [3.8, 4) is 6.07 Å². The largest absolute Gasteiger partial charge is 0.366 e. The van der Waals surface area contributed by atoms with E-state index in [4.69, 9.17) is 5.26 Å². The molecule has 3 aromatic rings. The Bertz CT molecular complexity index is 770. The fraction of sp³-hybridized carbons (Fsp3) is 0.118. The number of hydrogen-bond donors (Lipinski definition) is 1. The van der Waals surface area contributed by atoms with Crippen LogP contribution < -0.4 is 5.32 Å². The zero-order chi connectivity index (χ0) is 15.2. The average Bonchev–Trinajstić information content (AvgIpc) is 3.07. The minimum absolute atomic E-state index is 0.417. The molecule has 5 nitrogen and oxygen atoms in total. The lowest BCUT2D eigenvalue weighted by molar-refractivity contribution is 0.797. The summed E-state index contributed by atoms with van der Waals surface area (Å²) in [6.07, 6.45) is 5.54. The van der Waals surface area contributed by atoms with Crippen LogP contribution in [0.4, 0.5) is 5.82 Å². The van der Waals surface area contributed by atoms with E-state index in [2.05, 4.69) is 39.6 Å². The van der Waals surface area contributed by atoms with Gasteiger partial charge in [-0.1, -0.05) is 30.3 Å². The molecule has 3 rings (SSSR count). The summed E-state index contributed by atoms with van der Waals surface area (Å²) in [6.45, 7) is 1.49. The summed E-state index contributed by atoms with van der Waals surface area (Å²) in [5, 5.41) is 12.1. The molecule has 0 aliphatic carbocycles. The fourth-order valence-corrected chi connectivity index (χ4v) is 2.14. The van der Waals surface area contributed by atoms with Crippen molar-refractivity contribution < 1.29 is 0 Å². The molecule has 0 saturated heterocycles. The average molecular weight is 289 g/mol. The maximum absolute atomic E-state index is 8.84. The van der Waals surface area contributed by atoms with Crippen molar-refractivity contribution >= 4 is 5.82 Å². The van der Waals surface area contributed by atoms with Gasteiger partial charge in [0.15, 0.2) is 0 Å². The van der Waals surface area contributed by atoms with Gasteiger partial charge in [0, 0.05) is 25.5 Å². The van der Waals surface area contributed by atoms with Crippen molar-refractivity contribution in [1.82, 2.24) is 14.5 Å². The zero-order valence-electron chi connectivity index (χ0n) is 12.0. The molecule has 0 aliphatic heterocycles. The lowest BCUT2D eigenvalue weighted by atomic mass is 10.1. The van der Waals surface area contributed by atoms with Crippen LogP contribution in [0.3, 0.4) is 0 Å². The predicted molar refractivity (Wildman–Crippen MR) is 84.0 cm³/mol. The standard InChI is InChI=1S/C17H15N5/c18-10-16-2-1-3-17(21-16)20-11-14-4-6-15(7-5-14)12-22-9-8-19-13-22/h1-9,13H,11-12H2,(H,20,21). The lowest BCUT2D eigenvalue weighted by Crippen LogP contribution is -2.02. The number of nitriles is 1. The third-order valence-electron chi connectivity index (χ3n) is 3.28. The van der Waals surface area contributed by atoms with Crippen molar-refractivity contribution in [2.75, 3.05) is 5.32 Å². The number of anilines is 1. The molecule has 1 aromatic carbocycles. The molecule has 0 aliphatic rings. The van der Waals surface area contributed by atoms with Crippen LogP contribution in [0.2, 0.25) is 0 Å². The van der Waals surface area contributed by atoms with Gasteiger partial charge in [-0.3, -0.25) is 0 Å².